The molecule has 3 aromatic rings. The van der Waals surface area contributed by atoms with Crippen LogP contribution in [0.4, 0.5) is 11.8 Å². The molecular weight excluding hydrogens is 236 g/mol. The van der Waals surface area contributed by atoms with E-state index >= 15 is 0 Å². The monoisotopic (exact) mass is 246 g/mol. The number of nitrogens with zero attached hydrogens (tertiary/aromatic N) is 5. The maximum atomic E-state index is 5.59. The zero-order valence-electron chi connectivity index (χ0n) is 9.29. The summed E-state index contributed by atoms with van der Waals surface area (Å²) in [6.45, 7) is 0.590. The minimum Gasteiger partial charge on any atom is -0.368 e. The predicted molar refractivity (Wildman–Crippen MR) is 62.6 cm³/mol. The Labute approximate surface area is 101 Å². The van der Waals surface area contributed by atoms with E-state index in [2.05, 4.69) is 35.4 Å². The first-order valence-electron chi connectivity index (χ1n) is 5.29. The molecular formula is C9H10N8O. The third kappa shape index (κ3) is 1.93. The van der Waals surface area contributed by atoms with Crippen molar-refractivity contribution in [1.82, 2.24) is 30.1 Å². The van der Waals surface area contributed by atoms with E-state index in [9.17, 15) is 0 Å². The molecule has 3 aromatic heterocycles. The molecule has 0 saturated heterocycles. The second-order valence-corrected chi connectivity index (χ2v) is 3.54. The van der Waals surface area contributed by atoms with E-state index < -0.39 is 0 Å². The quantitative estimate of drug-likeness (QED) is 0.584. The normalized spacial score (nSPS) is 10.9. The van der Waals surface area contributed by atoms with Gasteiger partial charge in [0.05, 0.1) is 6.33 Å². The van der Waals surface area contributed by atoms with Gasteiger partial charge in [-0.05, 0) is 0 Å². The van der Waals surface area contributed by atoms with E-state index in [4.69, 9.17) is 10.3 Å². The second kappa shape index (κ2) is 4.28. The first kappa shape index (κ1) is 10.4. The van der Waals surface area contributed by atoms with Crippen molar-refractivity contribution < 1.29 is 4.52 Å². The van der Waals surface area contributed by atoms with Gasteiger partial charge in [-0.3, -0.25) is 0 Å². The van der Waals surface area contributed by atoms with E-state index in [1.807, 2.05) is 0 Å². The highest BCUT2D eigenvalue weighted by molar-refractivity contribution is 5.83. The molecule has 0 aliphatic heterocycles. The number of rotatable bonds is 4. The van der Waals surface area contributed by atoms with Crippen LogP contribution < -0.4 is 11.1 Å². The van der Waals surface area contributed by atoms with Gasteiger partial charge in [0.25, 0.3) is 0 Å². The van der Waals surface area contributed by atoms with Crippen LogP contribution in [0.15, 0.2) is 17.2 Å². The fourth-order valence-electron chi connectivity index (χ4n) is 1.57. The standard InChI is InChI=1S/C9H10N8O/c10-9-16-7(6-8(17-9)14-3-13-6)11-2-1-5-12-4-15-18-5/h3-4H,1-2H2,(H4,10,11,13,14,16,17). The number of H-pyrrole nitrogens is 1. The lowest BCUT2D eigenvalue weighted by atomic mass is 10.4. The molecule has 18 heavy (non-hydrogen) atoms. The zero-order valence-corrected chi connectivity index (χ0v) is 9.29. The summed E-state index contributed by atoms with van der Waals surface area (Å²) in [5.41, 5.74) is 6.84. The summed E-state index contributed by atoms with van der Waals surface area (Å²) in [6.07, 6.45) is 3.51. The van der Waals surface area contributed by atoms with Crippen LogP contribution in [0.1, 0.15) is 5.89 Å². The Hall–Kier alpha value is -2.71. The molecule has 3 heterocycles. The SMILES string of the molecule is Nc1nc(NCCc2ncno2)c2[nH]cnc2n1. The number of anilines is 2. The molecule has 0 unspecified atom stereocenters. The summed E-state index contributed by atoms with van der Waals surface area (Å²) in [5, 5.41) is 6.65. The highest BCUT2D eigenvalue weighted by Crippen LogP contribution is 2.16. The molecule has 3 rings (SSSR count). The topological polar surface area (TPSA) is 131 Å². The molecule has 0 aliphatic carbocycles. The highest BCUT2D eigenvalue weighted by Gasteiger charge is 2.08. The van der Waals surface area contributed by atoms with E-state index in [1.165, 1.54) is 6.33 Å². The summed E-state index contributed by atoms with van der Waals surface area (Å²) >= 11 is 0. The van der Waals surface area contributed by atoms with Crippen molar-refractivity contribution in [1.29, 1.82) is 0 Å². The summed E-state index contributed by atoms with van der Waals surface area (Å²) in [6, 6.07) is 0. The predicted octanol–water partition coefficient (Wildman–Crippen LogP) is -0.0273. The lowest BCUT2D eigenvalue weighted by Gasteiger charge is -2.04. The molecule has 0 aromatic carbocycles. The van der Waals surface area contributed by atoms with Gasteiger partial charge in [0.1, 0.15) is 5.52 Å². The Kier molecular flexibility index (Phi) is 2.48. The molecule has 92 valence electrons. The maximum Gasteiger partial charge on any atom is 0.228 e. The van der Waals surface area contributed by atoms with Gasteiger partial charge < -0.3 is 20.6 Å². The van der Waals surface area contributed by atoms with Crippen molar-refractivity contribution in [3.8, 4) is 0 Å². The number of fused-ring (bicyclic) bond motifs is 1. The molecule has 0 fully saturated rings. The fraction of sp³-hybridized carbons (Fsp3) is 0.222. The maximum absolute atomic E-state index is 5.59. The average Bonchev–Trinajstić information content (AvgIpc) is 2.98. The molecule has 0 aliphatic rings. The summed E-state index contributed by atoms with van der Waals surface area (Å²) in [4.78, 5) is 19.0. The minimum atomic E-state index is 0.176. The lowest BCUT2D eigenvalue weighted by molar-refractivity contribution is 0.380. The second-order valence-electron chi connectivity index (χ2n) is 3.54. The fourth-order valence-corrected chi connectivity index (χ4v) is 1.57. The van der Waals surface area contributed by atoms with Crippen molar-refractivity contribution in [2.75, 3.05) is 17.6 Å². The van der Waals surface area contributed by atoms with Gasteiger partial charge in [0.15, 0.2) is 17.8 Å². The number of nitrogen functional groups attached to an aromatic ring is 1. The number of imidazole rings is 1. The van der Waals surface area contributed by atoms with Gasteiger partial charge in [-0.2, -0.15) is 15.0 Å². The Morgan fingerprint density at radius 3 is 3.11 bits per heavy atom. The molecule has 0 radical (unpaired) electrons. The molecule has 0 saturated carbocycles. The van der Waals surface area contributed by atoms with Crippen LogP contribution in [0.25, 0.3) is 11.2 Å². The van der Waals surface area contributed by atoms with E-state index in [1.54, 1.807) is 6.33 Å². The third-order valence-electron chi connectivity index (χ3n) is 2.34. The smallest absolute Gasteiger partial charge is 0.228 e. The van der Waals surface area contributed by atoms with Gasteiger partial charge in [0.2, 0.25) is 11.8 Å². The van der Waals surface area contributed by atoms with Gasteiger partial charge in [-0.1, -0.05) is 5.16 Å². The van der Waals surface area contributed by atoms with E-state index in [0.717, 1.165) is 5.52 Å². The van der Waals surface area contributed by atoms with Crippen molar-refractivity contribution >= 4 is 22.9 Å². The van der Waals surface area contributed by atoms with E-state index in [0.29, 0.717) is 30.3 Å². The van der Waals surface area contributed by atoms with Crippen LogP contribution in [0.3, 0.4) is 0 Å². The number of aromatic nitrogens is 6. The molecule has 0 spiro atoms. The summed E-state index contributed by atoms with van der Waals surface area (Å²) < 4.78 is 4.89. The summed E-state index contributed by atoms with van der Waals surface area (Å²) in [7, 11) is 0. The van der Waals surface area contributed by atoms with Gasteiger partial charge in [-0.25, -0.2) is 4.98 Å². The Balaban J connectivity index is 1.75. The van der Waals surface area contributed by atoms with Crippen LogP contribution in [0, 0.1) is 0 Å². The van der Waals surface area contributed by atoms with Crippen LogP contribution in [0.2, 0.25) is 0 Å². The number of aromatic amines is 1. The molecule has 9 nitrogen and oxygen atoms in total. The molecule has 0 atom stereocenters. The lowest BCUT2D eigenvalue weighted by Crippen LogP contribution is -2.09. The molecule has 9 heteroatoms. The van der Waals surface area contributed by atoms with Crippen molar-refractivity contribution in [3.05, 3.63) is 18.5 Å². The first-order valence-corrected chi connectivity index (χ1v) is 5.29. The number of hydrogen-bond donors (Lipinski definition) is 3. The Morgan fingerprint density at radius 1 is 1.33 bits per heavy atom. The third-order valence-corrected chi connectivity index (χ3v) is 2.34. The Morgan fingerprint density at radius 2 is 2.28 bits per heavy atom. The van der Waals surface area contributed by atoms with Crippen molar-refractivity contribution in [2.45, 2.75) is 6.42 Å². The molecule has 0 amide bonds. The Bertz CT molecular complexity index is 646. The molecule has 4 N–H and O–H groups in total. The van der Waals surface area contributed by atoms with Crippen molar-refractivity contribution in [3.63, 3.8) is 0 Å². The number of hydrogen-bond acceptors (Lipinski definition) is 8. The van der Waals surface area contributed by atoms with E-state index in [-0.39, 0.29) is 5.95 Å². The van der Waals surface area contributed by atoms with Gasteiger partial charge in [-0.15, -0.1) is 0 Å². The van der Waals surface area contributed by atoms with Crippen LogP contribution in [-0.4, -0.2) is 36.6 Å². The minimum absolute atomic E-state index is 0.176. The number of nitrogens with two attached hydrogens (primary N) is 1. The van der Waals surface area contributed by atoms with Gasteiger partial charge >= 0.3 is 0 Å². The average molecular weight is 246 g/mol. The largest absolute Gasteiger partial charge is 0.368 e. The highest BCUT2D eigenvalue weighted by atomic mass is 16.5. The van der Waals surface area contributed by atoms with Crippen molar-refractivity contribution in [2.24, 2.45) is 0 Å². The molecule has 0 bridgehead atoms. The first-order chi connectivity index (χ1) is 8.83. The van der Waals surface area contributed by atoms with Crippen LogP contribution in [0.5, 0.6) is 0 Å². The summed E-state index contributed by atoms with van der Waals surface area (Å²) in [5.74, 6) is 1.34. The zero-order chi connectivity index (χ0) is 12.4. The number of nitrogens with one attached hydrogen (secondary N) is 2. The van der Waals surface area contributed by atoms with Crippen LogP contribution in [-0.2, 0) is 6.42 Å². The van der Waals surface area contributed by atoms with Gasteiger partial charge in [0, 0.05) is 13.0 Å². The van der Waals surface area contributed by atoms with Crippen LogP contribution >= 0.6 is 0 Å².